The third-order valence-corrected chi connectivity index (χ3v) is 5.98. The highest BCUT2D eigenvalue weighted by Crippen LogP contribution is 2.42. The van der Waals surface area contributed by atoms with Crippen molar-refractivity contribution in [3.05, 3.63) is 34.9 Å². The van der Waals surface area contributed by atoms with Crippen molar-refractivity contribution in [2.24, 2.45) is 5.41 Å². The van der Waals surface area contributed by atoms with Gasteiger partial charge in [-0.05, 0) is 45.2 Å². The molecule has 1 amide bonds. The summed E-state index contributed by atoms with van der Waals surface area (Å²) >= 11 is 6.32. The van der Waals surface area contributed by atoms with Crippen LogP contribution in [0.5, 0.6) is 0 Å². The molecule has 2 rings (SSSR count). The van der Waals surface area contributed by atoms with Crippen molar-refractivity contribution in [1.82, 2.24) is 9.80 Å². The predicted molar refractivity (Wildman–Crippen MR) is 98.1 cm³/mol. The highest BCUT2D eigenvalue weighted by molar-refractivity contribution is 6.31. The van der Waals surface area contributed by atoms with Crippen LogP contribution < -0.4 is 0 Å². The largest absolute Gasteiger partial charge is 0.389 e. The Balaban J connectivity index is 2.10. The number of rotatable bonds is 4. The van der Waals surface area contributed by atoms with Crippen molar-refractivity contribution < 1.29 is 9.90 Å². The molecule has 1 heterocycles. The first kappa shape index (κ1) is 19.2. The van der Waals surface area contributed by atoms with Gasteiger partial charge in [0.15, 0.2) is 0 Å². The minimum atomic E-state index is -0.981. The molecule has 1 atom stereocenters. The van der Waals surface area contributed by atoms with Gasteiger partial charge in [0.05, 0.1) is 11.0 Å². The van der Waals surface area contributed by atoms with E-state index in [4.69, 9.17) is 11.6 Å². The first-order valence-electron chi connectivity index (χ1n) is 8.53. The van der Waals surface area contributed by atoms with Gasteiger partial charge in [0.1, 0.15) is 0 Å². The molecule has 24 heavy (non-hydrogen) atoms. The summed E-state index contributed by atoms with van der Waals surface area (Å²) in [5.74, 6) is -0.0300. The predicted octanol–water partition coefficient (Wildman–Crippen LogP) is 3.34. The maximum Gasteiger partial charge on any atom is 0.230 e. The molecule has 1 fully saturated rings. The van der Waals surface area contributed by atoms with Crippen molar-refractivity contribution in [2.45, 2.75) is 45.3 Å². The molecule has 0 bridgehead atoms. The standard InChI is InChI=1S/C19H29ClN2O2/c1-14(15-8-6-7-9-16(15)20)22-12-10-19(24,11-13-22)18(2,3)17(23)21(4)5/h6-9,14,24H,10-13H2,1-5H3. The van der Waals surface area contributed by atoms with E-state index in [1.165, 1.54) is 0 Å². The highest BCUT2D eigenvalue weighted by atomic mass is 35.5. The molecule has 1 saturated heterocycles. The zero-order valence-electron chi connectivity index (χ0n) is 15.3. The number of aliphatic hydroxyl groups is 1. The van der Waals surface area contributed by atoms with Crippen molar-refractivity contribution in [3.8, 4) is 0 Å². The van der Waals surface area contributed by atoms with E-state index in [0.717, 1.165) is 23.7 Å². The zero-order valence-corrected chi connectivity index (χ0v) is 16.1. The maximum absolute atomic E-state index is 12.5. The molecule has 1 aromatic carbocycles. The van der Waals surface area contributed by atoms with E-state index in [1.54, 1.807) is 19.0 Å². The Morgan fingerprint density at radius 1 is 1.29 bits per heavy atom. The summed E-state index contributed by atoms with van der Waals surface area (Å²) in [4.78, 5) is 16.4. The van der Waals surface area contributed by atoms with Crippen LogP contribution in [0.4, 0.5) is 0 Å². The fourth-order valence-corrected chi connectivity index (χ4v) is 3.97. The third-order valence-electron chi connectivity index (χ3n) is 5.63. The van der Waals surface area contributed by atoms with Gasteiger partial charge in [-0.2, -0.15) is 0 Å². The summed E-state index contributed by atoms with van der Waals surface area (Å²) in [6.45, 7) is 7.33. The minimum absolute atomic E-state index is 0.0300. The van der Waals surface area contributed by atoms with Crippen LogP contribution in [0.15, 0.2) is 24.3 Å². The Bertz CT molecular complexity index is 593. The van der Waals surface area contributed by atoms with Crippen molar-refractivity contribution in [2.75, 3.05) is 27.2 Å². The van der Waals surface area contributed by atoms with Crippen molar-refractivity contribution in [3.63, 3.8) is 0 Å². The van der Waals surface area contributed by atoms with Gasteiger partial charge in [0, 0.05) is 38.2 Å². The van der Waals surface area contributed by atoms with Crippen LogP contribution in [0.2, 0.25) is 5.02 Å². The van der Waals surface area contributed by atoms with Gasteiger partial charge in [-0.15, -0.1) is 0 Å². The molecule has 0 aromatic heterocycles. The van der Waals surface area contributed by atoms with Crippen LogP contribution in [0.3, 0.4) is 0 Å². The molecular weight excluding hydrogens is 324 g/mol. The molecule has 1 unspecified atom stereocenters. The van der Waals surface area contributed by atoms with Crippen LogP contribution in [0.25, 0.3) is 0 Å². The van der Waals surface area contributed by atoms with E-state index < -0.39 is 11.0 Å². The van der Waals surface area contributed by atoms with Crippen LogP contribution in [-0.4, -0.2) is 53.6 Å². The fraction of sp³-hybridized carbons (Fsp3) is 0.632. The molecule has 1 aromatic rings. The van der Waals surface area contributed by atoms with E-state index in [9.17, 15) is 9.90 Å². The lowest BCUT2D eigenvalue weighted by Crippen LogP contribution is -2.58. The topological polar surface area (TPSA) is 43.8 Å². The van der Waals surface area contributed by atoms with E-state index in [2.05, 4.69) is 11.8 Å². The Kier molecular flexibility index (Phi) is 5.63. The first-order valence-corrected chi connectivity index (χ1v) is 8.90. The maximum atomic E-state index is 12.5. The quantitative estimate of drug-likeness (QED) is 0.903. The van der Waals surface area contributed by atoms with Crippen LogP contribution >= 0.6 is 11.6 Å². The molecular formula is C19H29ClN2O2. The summed E-state index contributed by atoms with van der Waals surface area (Å²) in [6.07, 6.45) is 1.16. The molecule has 0 saturated carbocycles. The van der Waals surface area contributed by atoms with E-state index in [-0.39, 0.29) is 11.9 Å². The Hall–Kier alpha value is -1.10. The number of amides is 1. The Morgan fingerprint density at radius 2 is 1.83 bits per heavy atom. The fourth-order valence-electron chi connectivity index (χ4n) is 3.67. The number of hydrogen-bond acceptors (Lipinski definition) is 3. The minimum Gasteiger partial charge on any atom is -0.389 e. The smallest absolute Gasteiger partial charge is 0.230 e. The Labute approximate surface area is 150 Å². The number of benzene rings is 1. The second kappa shape index (κ2) is 7.03. The number of nitrogens with zero attached hydrogens (tertiary/aromatic N) is 2. The van der Waals surface area contributed by atoms with E-state index >= 15 is 0 Å². The molecule has 1 aliphatic heterocycles. The molecule has 5 heteroatoms. The average molecular weight is 353 g/mol. The molecule has 1 N–H and O–H groups in total. The third kappa shape index (κ3) is 3.46. The van der Waals surface area contributed by atoms with Gasteiger partial charge in [0.25, 0.3) is 0 Å². The molecule has 134 valence electrons. The number of likely N-dealkylation sites (tertiary alicyclic amines) is 1. The molecule has 0 aliphatic carbocycles. The van der Waals surface area contributed by atoms with Gasteiger partial charge < -0.3 is 10.0 Å². The van der Waals surface area contributed by atoms with Gasteiger partial charge in [-0.25, -0.2) is 0 Å². The van der Waals surface area contributed by atoms with Gasteiger partial charge in [0.2, 0.25) is 5.91 Å². The number of hydrogen-bond donors (Lipinski definition) is 1. The lowest BCUT2D eigenvalue weighted by atomic mass is 9.68. The average Bonchev–Trinajstić information content (AvgIpc) is 2.54. The van der Waals surface area contributed by atoms with Crippen LogP contribution in [0, 0.1) is 5.41 Å². The summed E-state index contributed by atoms with van der Waals surface area (Å²) < 4.78 is 0. The molecule has 4 nitrogen and oxygen atoms in total. The van der Waals surface area contributed by atoms with Gasteiger partial charge >= 0.3 is 0 Å². The monoisotopic (exact) mass is 352 g/mol. The summed E-state index contributed by atoms with van der Waals surface area (Å²) in [6, 6.07) is 8.08. The van der Waals surface area contributed by atoms with Crippen molar-refractivity contribution in [1.29, 1.82) is 0 Å². The lowest BCUT2D eigenvalue weighted by Gasteiger charge is -2.48. The van der Waals surface area contributed by atoms with E-state index in [1.807, 2.05) is 38.1 Å². The number of halogens is 1. The van der Waals surface area contributed by atoms with E-state index in [0.29, 0.717) is 12.8 Å². The molecule has 0 radical (unpaired) electrons. The van der Waals surface area contributed by atoms with Crippen LogP contribution in [0.1, 0.15) is 45.2 Å². The second-order valence-corrected chi connectivity index (χ2v) is 8.00. The number of piperidine rings is 1. The summed E-state index contributed by atoms with van der Waals surface area (Å²) in [5.41, 5.74) is -0.672. The molecule has 1 aliphatic rings. The number of carbonyl (C=O) groups is 1. The highest BCUT2D eigenvalue weighted by Gasteiger charge is 2.50. The SMILES string of the molecule is CC(c1ccccc1Cl)N1CCC(O)(C(C)(C)C(=O)N(C)C)CC1. The zero-order chi connectivity index (χ0) is 18.1. The lowest BCUT2D eigenvalue weighted by molar-refractivity contribution is -0.163. The van der Waals surface area contributed by atoms with Gasteiger partial charge in [-0.3, -0.25) is 9.69 Å². The number of carbonyl (C=O) groups excluding carboxylic acids is 1. The Morgan fingerprint density at radius 3 is 2.33 bits per heavy atom. The van der Waals surface area contributed by atoms with Crippen LogP contribution in [-0.2, 0) is 4.79 Å². The second-order valence-electron chi connectivity index (χ2n) is 7.59. The van der Waals surface area contributed by atoms with Gasteiger partial charge in [-0.1, -0.05) is 29.8 Å². The molecule has 0 spiro atoms. The summed E-state index contributed by atoms with van der Waals surface area (Å²) in [5, 5.41) is 11.9. The van der Waals surface area contributed by atoms with Crippen molar-refractivity contribution >= 4 is 17.5 Å². The first-order chi connectivity index (χ1) is 11.1. The normalized spacial score (nSPS) is 19.8. The summed E-state index contributed by atoms with van der Waals surface area (Å²) in [7, 11) is 3.48.